The molecule has 4 heteroatoms. The molecule has 1 N–H and O–H groups in total. The van der Waals surface area contributed by atoms with Crippen molar-refractivity contribution in [3.63, 3.8) is 0 Å². The number of hydrogen-bond donors (Lipinski definition) is 1. The van der Waals surface area contributed by atoms with Crippen LogP contribution in [0.2, 0.25) is 0 Å². The van der Waals surface area contributed by atoms with Crippen LogP contribution in [-0.2, 0) is 0 Å². The van der Waals surface area contributed by atoms with Gasteiger partial charge >= 0.3 is 0 Å². The Balaban J connectivity index is 1.87. The lowest BCUT2D eigenvalue weighted by atomic mass is 9.79. The Hall–Kier alpha value is -1.34. The molecule has 0 saturated heterocycles. The van der Waals surface area contributed by atoms with E-state index in [0.717, 1.165) is 44.2 Å². The zero-order chi connectivity index (χ0) is 13.5. The van der Waals surface area contributed by atoms with Crippen molar-refractivity contribution in [2.24, 2.45) is 11.3 Å². The zero-order valence-electron chi connectivity index (χ0n) is 11.4. The molecule has 0 bridgehead atoms. The van der Waals surface area contributed by atoms with Gasteiger partial charge in [0.1, 0.15) is 6.10 Å². The lowest BCUT2D eigenvalue weighted by Crippen LogP contribution is -2.26. The predicted octanol–water partition coefficient (Wildman–Crippen LogP) is 2.97. The minimum Gasteiger partial charge on any atom is -0.385 e. The molecule has 2 saturated carbocycles. The van der Waals surface area contributed by atoms with E-state index in [1.54, 1.807) is 12.5 Å². The van der Waals surface area contributed by atoms with Gasteiger partial charge < -0.3 is 9.67 Å². The molecule has 3 atom stereocenters. The maximum absolute atomic E-state index is 10.7. The molecular weight excluding hydrogens is 238 g/mol. The van der Waals surface area contributed by atoms with E-state index in [1.165, 1.54) is 0 Å². The average molecular weight is 259 g/mol. The highest BCUT2D eigenvalue weighted by atomic mass is 16.3. The van der Waals surface area contributed by atoms with Crippen LogP contribution < -0.4 is 0 Å². The summed E-state index contributed by atoms with van der Waals surface area (Å²) in [5, 5.41) is 20.4. The topological polar surface area (TPSA) is 61.8 Å². The Labute approximate surface area is 114 Å². The van der Waals surface area contributed by atoms with Crippen LogP contribution >= 0.6 is 0 Å². The van der Waals surface area contributed by atoms with Gasteiger partial charge in [-0.1, -0.05) is 13.3 Å². The Morgan fingerprint density at radius 1 is 1.58 bits per heavy atom. The molecule has 3 unspecified atom stereocenters. The van der Waals surface area contributed by atoms with Crippen LogP contribution in [0.3, 0.4) is 0 Å². The van der Waals surface area contributed by atoms with Gasteiger partial charge in [0.05, 0.1) is 29.7 Å². The number of nitriles is 1. The number of hydrogen-bond acceptors (Lipinski definition) is 3. The summed E-state index contributed by atoms with van der Waals surface area (Å²) in [5.41, 5.74) is 0.230. The molecule has 0 radical (unpaired) electrons. The number of nitrogens with zero attached hydrogens (tertiary/aromatic N) is 3. The second-order valence-electron chi connectivity index (χ2n) is 6.14. The molecule has 2 aliphatic rings. The lowest BCUT2D eigenvalue weighted by Gasteiger charge is -2.28. The Morgan fingerprint density at radius 3 is 2.95 bits per heavy atom. The number of aromatic nitrogens is 2. The Kier molecular flexibility index (Phi) is 3.10. The van der Waals surface area contributed by atoms with Crippen LogP contribution in [0.25, 0.3) is 0 Å². The molecule has 102 valence electrons. The van der Waals surface area contributed by atoms with E-state index in [2.05, 4.69) is 22.5 Å². The van der Waals surface area contributed by atoms with E-state index in [4.69, 9.17) is 0 Å². The molecule has 2 fully saturated rings. The largest absolute Gasteiger partial charge is 0.385 e. The summed E-state index contributed by atoms with van der Waals surface area (Å²) in [7, 11) is 0. The molecule has 1 aromatic rings. The molecule has 0 aliphatic heterocycles. The minimum atomic E-state index is -0.697. The van der Waals surface area contributed by atoms with E-state index in [1.807, 2.05) is 0 Å². The van der Waals surface area contributed by atoms with Crippen molar-refractivity contribution < 1.29 is 5.11 Å². The number of imidazole rings is 1. The van der Waals surface area contributed by atoms with E-state index in [0.29, 0.717) is 12.0 Å². The number of aliphatic hydroxyl groups excluding tert-OH is 1. The first-order valence-electron chi connectivity index (χ1n) is 7.31. The highest BCUT2D eigenvalue weighted by Gasteiger charge is 2.46. The highest BCUT2D eigenvalue weighted by Crippen LogP contribution is 2.51. The van der Waals surface area contributed by atoms with Gasteiger partial charge in [-0.3, -0.25) is 0 Å². The summed E-state index contributed by atoms with van der Waals surface area (Å²) < 4.78 is 2.07. The van der Waals surface area contributed by atoms with Gasteiger partial charge in [0.25, 0.3) is 0 Å². The van der Waals surface area contributed by atoms with Crippen molar-refractivity contribution in [3.8, 4) is 6.07 Å². The van der Waals surface area contributed by atoms with Crippen LogP contribution in [0.15, 0.2) is 12.5 Å². The molecule has 0 amide bonds. The van der Waals surface area contributed by atoms with Crippen LogP contribution in [0.4, 0.5) is 0 Å². The third kappa shape index (κ3) is 2.06. The first-order chi connectivity index (χ1) is 9.20. The van der Waals surface area contributed by atoms with Crippen molar-refractivity contribution >= 4 is 0 Å². The van der Waals surface area contributed by atoms with Crippen LogP contribution in [-0.4, -0.2) is 14.7 Å². The first-order valence-corrected chi connectivity index (χ1v) is 7.31. The third-order valence-electron chi connectivity index (χ3n) is 4.89. The molecular formula is C15H21N3O. The quantitative estimate of drug-likeness (QED) is 0.904. The smallest absolute Gasteiger partial charge is 0.114 e. The van der Waals surface area contributed by atoms with E-state index in [9.17, 15) is 10.4 Å². The second-order valence-corrected chi connectivity index (χ2v) is 6.14. The third-order valence-corrected chi connectivity index (χ3v) is 4.89. The van der Waals surface area contributed by atoms with Gasteiger partial charge in [-0.15, -0.1) is 0 Å². The van der Waals surface area contributed by atoms with Gasteiger partial charge in [-0.25, -0.2) is 4.98 Å². The standard InChI is InChI=1S/C15H21N3O/c1-2-11-5-6-15(7-11,9-16)14(19)13-8-17-10-18(13)12-3-4-12/h8,10-12,14,19H,2-7H2,1H3. The van der Waals surface area contributed by atoms with Crippen LogP contribution in [0, 0.1) is 22.7 Å². The molecule has 3 rings (SSSR count). The lowest BCUT2D eigenvalue weighted by molar-refractivity contribution is 0.0571. The fraction of sp³-hybridized carbons (Fsp3) is 0.733. The summed E-state index contributed by atoms with van der Waals surface area (Å²) in [4.78, 5) is 4.17. The predicted molar refractivity (Wildman–Crippen MR) is 71.1 cm³/mol. The van der Waals surface area contributed by atoms with Crippen molar-refractivity contribution in [1.29, 1.82) is 5.26 Å². The van der Waals surface area contributed by atoms with Gasteiger partial charge in [-0.2, -0.15) is 5.26 Å². The summed E-state index contributed by atoms with van der Waals surface area (Å²) in [5.74, 6) is 0.576. The van der Waals surface area contributed by atoms with Crippen LogP contribution in [0.1, 0.15) is 63.3 Å². The average Bonchev–Trinajstić information content (AvgIpc) is 3.03. The molecule has 2 aliphatic carbocycles. The fourth-order valence-corrected chi connectivity index (χ4v) is 3.41. The van der Waals surface area contributed by atoms with Crippen LogP contribution in [0.5, 0.6) is 0 Å². The van der Waals surface area contributed by atoms with Gasteiger partial charge in [-0.05, 0) is 38.0 Å². The molecule has 1 heterocycles. The summed E-state index contributed by atoms with van der Waals surface area (Å²) in [6, 6.07) is 2.92. The Morgan fingerprint density at radius 2 is 2.37 bits per heavy atom. The number of rotatable bonds is 4. The summed E-state index contributed by atoms with van der Waals surface area (Å²) >= 11 is 0. The second kappa shape index (κ2) is 4.64. The van der Waals surface area contributed by atoms with E-state index >= 15 is 0 Å². The van der Waals surface area contributed by atoms with Gasteiger partial charge in [0.2, 0.25) is 0 Å². The van der Waals surface area contributed by atoms with Crippen molar-refractivity contribution in [2.45, 2.75) is 57.6 Å². The number of aliphatic hydroxyl groups is 1. The first kappa shape index (κ1) is 12.7. The maximum Gasteiger partial charge on any atom is 0.114 e. The SMILES string of the molecule is CCC1CCC(C#N)(C(O)c2cncn2C2CC2)C1. The fourth-order valence-electron chi connectivity index (χ4n) is 3.41. The minimum absolute atomic E-state index is 0.492. The maximum atomic E-state index is 10.7. The molecule has 0 spiro atoms. The molecule has 4 nitrogen and oxygen atoms in total. The molecule has 1 aromatic heterocycles. The Bertz CT molecular complexity index is 500. The van der Waals surface area contributed by atoms with Gasteiger partial charge in [0.15, 0.2) is 0 Å². The highest BCUT2D eigenvalue weighted by molar-refractivity contribution is 5.18. The normalized spacial score (nSPS) is 32.2. The summed E-state index contributed by atoms with van der Waals surface area (Å²) in [6.07, 6.45) is 8.93. The van der Waals surface area contributed by atoms with E-state index < -0.39 is 11.5 Å². The zero-order valence-corrected chi connectivity index (χ0v) is 11.4. The van der Waals surface area contributed by atoms with E-state index in [-0.39, 0.29) is 0 Å². The molecule has 19 heavy (non-hydrogen) atoms. The summed E-state index contributed by atoms with van der Waals surface area (Å²) in [6.45, 7) is 2.17. The van der Waals surface area contributed by atoms with Crippen molar-refractivity contribution in [2.75, 3.05) is 0 Å². The van der Waals surface area contributed by atoms with Gasteiger partial charge in [0, 0.05) is 6.04 Å². The van der Waals surface area contributed by atoms with Crippen molar-refractivity contribution in [1.82, 2.24) is 9.55 Å². The molecule has 0 aromatic carbocycles. The monoisotopic (exact) mass is 259 g/mol. The van der Waals surface area contributed by atoms with Crippen molar-refractivity contribution in [3.05, 3.63) is 18.2 Å².